The first-order chi connectivity index (χ1) is 7.18. The van der Waals surface area contributed by atoms with Crippen molar-refractivity contribution in [3.8, 4) is 0 Å². The molecule has 0 aliphatic heterocycles. The van der Waals surface area contributed by atoms with E-state index < -0.39 is 22.4 Å². The van der Waals surface area contributed by atoms with E-state index in [9.17, 15) is 18.3 Å². The fourth-order valence-corrected chi connectivity index (χ4v) is 1.49. The smallest absolute Gasteiger partial charge is 0.384 e. The fourth-order valence-electron chi connectivity index (χ4n) is 1.20. The van der Waals surface area contributed by atoms with Gasteiger partial charge in [0, 0.05) is 6.54 Å². The first-order valence-corrected chi connectivity index (χ1v) is 4.86. The number of alkyl halides is 3. The van der Waals surface area contributed by atoms with Crippen molar-refractivity contribution in [1.82, 2.24) is 0 Å². The summed E-state index contributed by atoms with van der Waals surface area (Å²) in [5.74, 6) is 0. The zero-order chi connectivity index (χ0) is 12.6. The van der Waals surface area contributed by atoms with Crippen LogP contribution in [0.2, 0.25) is 5.02 Å². The van der Waals surface area contributed by atoms with E-state index in [2.05, 4.69) is 0 Å². The average molecular weight is 254 g/mol. The maximum Gasteiger partial charge on any atom is 0.417 e. The van der Waals surface area contributed by atoms with E-state index >= 15 is 0 Å². The lowest BCUT2D eigenvalue weighted by Gasteiger charge is -2.22. The quantitative estimate of drug-likeness (QED) is 0.851. The summed E-state index contributed by atoms with van der Waals surface area (Å²) in [4.78, 5) is 0. The number of aliphatic hydroxyl groups is 1. The van der Waals surface area contributed by atoms with Crippen molar-refractivity contribution in [2.75, 3.05) is 6.54 Å². The first-order valence-electron chi connectivity index (χ1n) is 4.48. The number of hydrogen-bond acceptors (Lipinski definition) is 2. The van der Waals surface area contributed by atoms with Gasteiger partial charge < -0.3 is 10.8 Å². The second-order valence-electron chi connectivity index (χ2n) is 3.67. The molecule has 0 saturated carbocycles. The van der Waals surface area contributed by atoms with Gasteiger partial charge in [-0.1, -0.05) is 17.7 Å². The van der Waals surface area contributed by atoms with Crippen molar-refractivity contribution < 1.29 is 18.3 Å². The van der Waals surface area contributed by atoms with Gasteiger partial charge in [0.25, 0.3) is 0 Å². The van der Waals surface area contributed by atoms with Crippen LogP contribution in [0, 0.1) is 0 Å². The summed E-state index contributed by atoms with van der Waals surface area (Å²) in [5, 5.41) is 9.30. The van der Waals surface area contributed by atoms with Crippen LogP contribution in [0.1, 0.15) is 18.1 Å². The minimum absolute atomic E-state index is 0.102. The molecule has 0 radical (unpaired) electrons. The minimum Gasteiger partial charge on any atom is -0.384 e. The maximum absolute atomic E-state index is 12.4. The summed E-state index contributed by atoms with van der Waals surface area (Å²) in [7, 11) is 0. The van der Waals surface area contributed by atoms with Gasteiger partial charge in [-0.05, 0) is 24.6 Å². The van der Waals surface area contributed by atoms with Crippen molar-refractivity contribution in [3.63, 3.8) is 0 Å². The van der Waals surface area contributed by atoms with Gasteiger partial charge in [-0.2, -0.15) is 13.2 Å². The summed E-state index contributed by atoms with van der Waals surface area (Å²) < 4.78 is 37.2. The standard InChI is InChI=1S/C10H11ClF3NO/c1-9(16,5-15)6-2-3-7(8(11)4-6)10(12,13)14/h2-4,16H,5,15H2,1H3. The number of nitrogens with two attached hydrogens (primary N) is 1. The van der Waals surface area contributed by atoms with Crippen LogP contribution >= 0.6 is 11.6 Å². The molecule has 0 aromatic heterocycles. The predicted octanol–water partition coefficient (Wildman–Crippen LogP) is 2.53. The first kappa shape index (κ1) is 13.3. The molecule has 1 rings (SSSR count). The Labute approximate surface area is 95.8 Å². The molecular formula is C10H11ClF3NO. The predicted molar refractivity (Wildman–Crippen MR) is 55.1 cm³/mol. The van der Waals surface area contributed by atoms with E-state index in [4.69, 9.17) is 17.3 Å². The van der Waals surface area contributed by atoms with Crippen molar-refractivity contribution in [2.24, 2.45) is 5.73 Å². The second-order valence-corrected chi connectivity index (χ2v) is 4.08. The van der Waals surface area contributed by atoms with E-state index in [0.29, 0.717) is 0 Å². The molecule has 16 heavy (non-hydrogen) atoms. The van der Waals surface area contributed by atoms with Crippen LogP contribution in [-0.2, 0) is 11.8 Å². The highest BCUT2D eigenvalue weighted by Crippen LogP contribution is 2.36. The molecule has 6 heteroatoms. The van der Waals surface area contributed by atoms with E-state index in [-0.39, 0.29) is 12.1 Å². The molecular weight excluding hydrogens is 243 g/mol. The van der Waals surface area contributed by atoms with Gasteiger partial charge in [-0.15, -0.1) is 0 Å². The molecule has 0 aliphatic rings. The third-order valence-corrected chi connectivity index (χ3v) is 2.61. The van der Waals surface area contributed by atoms with Gasteiger partial charge in [0.15, 0.2) is 0 Å². The monoisotopic (exact) mass is 253 g/mol. The Morgan fingerprint density at radius 3 is 2.31 bits per heavy atom. The van der Waals surface area contributed by atoms with Crippen LogP contribution in [0.3, 0.4) is 0 Å². The topological polar surface area (TPSA) is 46.2 Å². The third kappa shape index (κ3) is 2.66. The Balaban J connectivity index is 3.20. The van der Waals surface area contributed by atoms with Crippen LogP contribution in [0.25, 0.3) is 0 Å². The molecule has 0 aliphatic carbocycles. The molecule has 2 nitrogen and oxygen atoms in total. The van der Waals surface area contributed by atoms with Crippen molar-refractivity contribution in [2.45, 2.75) is 18.7 Å². The van der Waals surface area contributed by atoms with E-state index in [1.54, 1.807) is 0 Å². The Morgan fingerprint density at radius 1 is 1.38 bits per heavy atom. The number of rotatable bonds is 2. The summed E-state index contributed by atoms with van der Waals surface area (Å²) >= 11 is 5.51. The Morgan fingerprint density at radius 2 is 1.94 bits per heavy atom. The highest BCUT2D eigenvalue weighted by molar-refractivity contribution is 6.31. The van der Waals surface area contributed by atoms with Crippen LogP contribution in [0.5, 0.6) is 0 Å². The molecule has 1 aromatic rings. The van der Waals surface area contributed by atoms with Gasteiger partial charge in [-0.3, -0.25) is 0 Å². The van der Waals surface area contributed by atoms with Gasteiger partial charge in [0.2, 0.25) is 0 Å². The molecule has 1 aromatic carbocycles. The van der Waals surface area contributed by atoms with Crippen LogP contribution in [-0.4, -0.2) is 11.7 Å². The Bertz CT molecular complexity index is 390. The minimum atomic E-state index is -4.50. The van der Waals surface area contributed by atoms with Gasteiger partial charge in [-0.25, -0.2) is 0 Å². The SMILES string of the molecule is CC(O)(CN)c1ccc(C(F)(F)F)c(Cl)c1. The lowest BCUT2D eigenvalue weighted by molar-refractivity contribution is -0.137. The van der Waals surface area contributed by atoms with E-state index in [0.717, 1.165) is 12.1 Å². The maximum atomic E-state index is 12.4. The van der Waals surface area contributed by atoms with E-state index in [1.165, 1.54) is 13.0 Å². The van der Waals surface area contributed by atoms with Gasteiger partial charge in [0.05, 0.1) is 16.2 Å². The van der Waals surface area contributed by atoms with Gasteiger partial charge >= 0.3 is 6.18 Å². The zero-order valence-electron chi connectivity index (χ0n) is 8.48. The lowest BCUT2D eigenvalue weighted by atomic mass is 9.95. The molecule has 0 saturated heterocycles. The molecule has 0 heterocycles. The van der Waals surface area contributed by atoms with Crippen molar-refractivity contribution >= 4 is 11.6 Å². The normalized spacial score (nSPS) is 15.9. The fraction of sp³-hybridized carbons (Fsp3) is 0.400. The summed E-state index contributed by atoms with van der Waals surface area (Å²) in [6, 6.07) is 3.08. The number of hydrogen-bond donors (Lipinski definition) is 2. The number of benzene rings is 1. The second kappa shape index (κ2) is 4.24. The molecule has 1 atom stereocenters. The molecule has 0 spiro atoms. The van der Waals surface area contributed by atoms with Crippen molar-refractivity contribution in [3.05, 3.63) is 34.3 Å². The van der Waals surface area contributed by atoms with E-state index in [1.807, 2.05) is 0 Å². The van der Waals surface area contributed by atoms with Crippen molar-refractivity contribution in [1.29, 1.82) is 0 Å². The molecule has 0 amide bonds. The molecule has 3 N–H and O–H groups in total. The summed E-state index contributed by atoms with van der Waals surface area (Å²) in [6.45, 7) is 1.31. The van der Waals surface area contributed by atoms with Gasteiger partial charge in [0.1, 0.15) is 0 Å². The highest BCUT2D eigenvalue weighted by atomic mass is 35.5. The Kier molecular flexibility index (Phi) is 3.52. The highest BCUT2D eigenvalue weighted by Gasteiger charge is 2.34. The molecule has 1 unspecified atom stereocenters. The average Bonchev–Trinajstić information content (AvgIpc) is 2.15. The summed E-state index contributed by atoms with van der Waals surface area (Å²) in [5.41, 5.74) is 3.25. The molecule has 90 valence electrons. The van der Waals surface area contributed by atoms with Crippen LogP contribution in [0.15, 0.2) is 18.2 Å². The van der Waals surface area contributed by atoms with Crippen LogP contribution < -0.4 is 5.73 Å². The summed E-state index contributed by atoms with van der Waals surface area (Å²) in [6.07, 6.45) is -4.50. The lowest BCUT2D eigenvalue weighted by Crippen LogP contribution is -2.31. The largest absolute Gasteiger partial charge is 0.417 e. The van der Waals surface area contributed by atoms with Crippen LogP contribution in [0.4, 0.5) is 13.2 Å². The molecule has 0 bridgehead atoms. The number of halogens is 4. The third-order valence-electron chi connectivity index (χ3n) is 2.29. The Hall–Kier alpha value is -0.780. The molecule has 0 fully saturated rings. The zero-order valence-corrected chi connectivity index (χ0v) is 9.23.